The molecule has 1 aromatic carbocycles. The Bertz CT molecular complexity index is 463. The summed E-state index contributed by atoms with van der Waals surface area (Å²) < 4.78 is 10.5. The third-order valence-corrected chi connectivity index (χ3v) is 3.62. The number of ether oxygens (including phenoxy) is 2. The maximum absolute atomic E-state index is 11.0. The maximum atomic E-state index is 11.0. The summed E-state index contributed by atoms with van der Waals surface area (Å²) in [6.45, 7) is 4.90. The number of piperazine rings is 1. The molecule has 1 heterocycles. The minimum absolute atomic E-state index is 0.162. The van der Waals surface area contributed by atoms with Gasteiger partial charge in [0.05, 0.1) is 6.61 Å². The van der Waals surface area contributed by atoms with Crippen molar-refractivity contribution in [1.82, 2.24) is 4.90 Å². The second-order valence-electron chi connectivity index (χ2n) is 5.11. The first-order valence-corrected chi connectivity index (χ1v) is 7.08. The fourth-order valence-corrected chi connectivity index (χ4v) is 2.49. The molecule has 1 amide bonds. The summed E-state index contributed by atoms with van der Waals surface area (Å²) in [5.41, 5.74) is 1.09. The van der Waals surface area contributed by atoms with E-state index in [2.05, 4.69) is 4.90 Å². The van der Waals surface area contributed by atoms with Crippen LogP contribution in [0.1, 0.15) is 6.92 Å². The van der Waals surface area contributed by atoms with E-state index in [0.29, 0.717) is 32.8 Å². The topological polar surface area (TPSA) is 62.2 Å². The van der Waals surface area contributed by atoms with E-state index in [4.69, 9.17) is 14.6 Å². The zero-order chi connectivity index (χ0) is 15.2. The number of carboxylic acid groups (broad SMARTS) is 1. The van der Waals surface area contributed by atoms with E-state index < -0.39 is 6.09 Å². The predicted molar refractivity (Wildman–Crippen MR) is 80.2 cm³/mol. The molecule has 1 saturated heterocycles. The number of anilines is 1. The van der Waals surface area contributed by atoms with E-state index in [1.165, 1.54) is 4.90 Å². The molecule has 0 spiro atoms. The zero-order valence-electron chi connectivity index (χ0n) is 12.5. The highest BCUT2D eigenvalue weighted by atomic mass is 16.5. The van der Waals surface area contributed by atoms with Crippen molar-refractivity contribution in [3.8, 4) is 5.75 Å². The van der Waals surface area contributed by atoms with Crippen molar-refractivity contribution >= 4 is 11.8 Å². The van der Waals surface area contributed by atoms with Gasteiger partial charge in [-0.05, 0) is 31.2 Å². The Kier molecular flexibility index (Phi) is 5.27. The van der Waals surface area contributed by atoms with Crippen LogP contribution < -0.4 is 9.64 Å². The number of rotatable bonds is 5. The molecule has 6 nitrogen and oxygen atoms in total. The monoisotopic (exact) mass is 294 g/mol. The van der Waals surface area contributed by atoms with Crippen molar-refractivity contribution < 1.29 is 19.4 Å². The number of benzene rings is 1. The van der Waals surface area contributed by atoms with Crippen LogP contribution in [0.5, 0.6) is 5.75 Å². The molecule has 21 heavy (non-hydrogen) atoms. The number of hydrogen-bond acceptors (Lipinski definition) is 4. The molecular weight excluding hydrogens is 272 g/mol. The average Bonchev–Trinajstić information content (AvgIpc) is 2.48. The lowest BCUT2D eigenvalue weighted by Crippen LogP contribution is -2.53. The number of amides is 1. The fraction of sp³-hybridized carbons (Fsp3) is 0.533. The van der Waals surface area contributed by atoms with Crippen molar-refractivity contribution in [2.45, 2.75) is 13.0 Å². The smallest absolute Gasteiger partial charge is 0.407 e. The molecule has 1 unspecified atom stereocenters. The molecule has 6 heteroatoms. The van der Waals surface area contributed by atoms with Crippen LogP contribution in [0.25, 0.3) is 0 Å². The lowest BCUT2D eigenvalue weighted by Gasteiger charge is -2.40. The molecular formula is C15H22N2O4. The van der Waals surface area contributed by atoms with Crippen LogP contribution in [-0.4, -0.2) is 62.1 Å². The van der Waals surface area contributed by atoms with Crippen molar-refractivity contribution in [2.24, 2.45) is 0 Å². The summed E-state index contributed by atoms with van der Waals surface area (Å²) in [5.74, 6) is 0.813. The highest BCUT2D eigenvalue weighted by Crippen LogP contribution is 2.23. The van der Waals surface area contributed by atoms with Gasteiger partial charge in [-0.25, -0.2) is 4.79 Å². The van der Waals surface area contributed by atoms with Gasteiger partial charge in [-0.1, -0.05) is 0 Å². The molecule has 116 valence electrons. The Morgan fingerprint density at radius 3 is 2.57 bits per heavy atom. The molecule has 0 radical (unpaired) electrons. The van der Waals surface area contributed by atoms with E-state index in [1.54, 1.807) is 7.11 Å². The van der Waals surface area contributed by atoms with Crippen LogP contribution in [0.2, 0.25) is 0 Å². The molecule has 1 N–H and O–H groups in total. The largest absolute Gasteiger partial charge is 0.491 e. The van der Waals surface area contributed by atoms with Gasteiger partial charge in [-0.2, -0.15) is 0 Å². The average molecular weight is 294 g/mol. The fourth-order valence-electron chi connectivity index (χ4n) is 2.49. The first-order chi connectivity index (χ1) is 10.1. The predicted octanol–water partition coefficient (Wildman–Crippen LogP) is 1.90. The van der Waals surface area contributed by atoms with Crippen LogP contribution in [0.15, 0.2) is 24.3 Å². The highest BCUT2D eigenvalue weighted by molar-refractivity contribution is 5.65. The molecule has 0 aromatic heterocycles. The molecule has 0 saturated carbocycles. The van der Waals surface area contributed by atoms with Gasteiger partial charge in [0.2, 0.25) is 0 Å². The second-order valence-corrected chi connectivity index (χ2v) is 5.11. The van der Waals surface area contributed by atoms with Crippen molar-refractivity contribution in [1.29, 1.82) is 0 Å². The third kappa shape index (κ3) is 4.01. The molecule has 1 aliphatic rings. The Labute approximate surface area is 124 Å². The molecule has 1 aromatic rings. The Balaban J connectivity index is 1.94. The first-order valence-electron chi connectivity index (χ1n) is 7.08. The van der Waals surface area contributed by atoms with Gasteiger partial charge in [0.15, 0.2) is 0 Å². The van der Waals surface area contributed by atoms with Crippen molar-refractivity contribution in [3.63, 3.8) is 0 Å². The molecule has 0 bridgehead atoms. The van der Waals surface area contributed by atoms with Gasteiger partial charge in [0.1, 0.15) is 12.4 Å². The number of hydrogen-bond donors (Lipinski definition) is 1. The highest BCUT2D eigenvalue weighted by Gasteiger charge is 2.26. The molecule has 1 atom stereocenters. The normalized spacial score (nSPS) is 18.7. The number of nitrogens with zero attached hydrogens (tertiary/aromatic N) is 2. The standard InChI is InChI=1S/C15H22N2O4/c1-12-11-16(15(18)19)7-8-17(12)13-3-5-14(6-4-13)21-10-9-20-2/h3-6,12H,7-11H2,1-2H3,(H,18,19). The van der Waals surface area contributed by atoms with Gasteiger partial charge in [-0.3, -0.25) is 0 Å². The maximum Gasteiger partial charge on any atom is 0.407 e. The van der Waals surface area contributed by atoms with Gasteiger partial charge in [0.25, 0.3) is 0 Å². The van der Waals surface area contributed by atoms with E-state index in [9.17, 15) is 4.79 Å². The number of methoxy groups -OCH3 is 1. The van der Waals surface area contributed by atoms with E-state index in [-0.39, 0.29) is 6.04 Å². The minimum atomic E-state index is -0.844. The summed E-state index contributed by atoms with van der Waals surface area (Å²) in [6.07, 6.45) is -0.844. The Morgan fingerprint density at radius 2 is 2.00 bits per heavy atom. The summed E-state index contributed by atoms with van der Waals surface area (Å²) in [7, 11) is 1.64. The summed E-state index contributed by atoms with van der Waals surface area (Å²) in [6, 6.07) is 8.04. The lowest BCUT2D eigenvalue weighted by molar-refractivity contribution is 0.136. The minimum Gasteiger partial charge on any atom is -0.491 e. The molecule has 1 fully saturated rings. The Hall–Kier alpha value is -1.95. The summed E-state index contributed by atoms with van der Waals surface area (Å²) >= 11 is 0. The van der Waals surface area contributed by atoms with Crippen molar-refractivity contribution in [2.75, 3.05) is 44.9 Å². The SMILES string of the molecule is COCCOc1ccc(N2CCN(C(=O)O)CC2C)cc1. The number of carbonyl (C=O) groups is 1. The quantitative estimate of drug-likeness (QED) is 0.840. The zero-order valence-corrected chi connectivity index (χ0v) is 12.5. The van der Waals surface area contributed by atoms with E-state index in [0.717, 1.165) is 11.4 Å². The lowest BCUT2D eigenvalue weighted by atomic mass is 10.1. The third-order valence-electron chi connectivity index (χ3n) is 3.62. The summed E-state index contributed by atoms with van der Waals surface area (Å²) in [4.78, 5) is 14.7. The van der Waals surface area contributed by atoms with Crippen LogP contribution in [-0.2, 0) is 4.74 Å². The Morgan fingerprint density at radius 1 is 1.29 bits per heavy atom. The van der Waals surface area contributed by atoms with Crippen LogP contribution in [0.4, 0.5) is 10.5 Å². The van der Waals surface area contributed by atoms with Crippen LogP contribution >= 0.6 is 0 Å². The van der Waals surface area contributed by atoms with Gasteiger partial charge in [0, 0.05) is 38.5 Å². The van der Waals surface area contributed by atoms with Crippen LogP contribution in [0.3, 0.4) is 0 Å². The van der Waals surface area contributed by atoms with Gasteiger partial charge in [-0.15, -0.1) is 0 Å². The van der Waals surface area contributed by atoms with Crippen LogP contribution in [0, 0.1) is 0 Å². The van der Waals surface area contributed by atoms with Crippen molar-refractivity contribution in [3.05, 3.63) is 24.3 Å². The van der Waals surface area contributed by atoms with Gasteiger partial charge >= 0.3 is 6.09 Å². The molecule has 0 aliphatic carbocycles. The van der Waals surface area contributed by atoms with Gasteiger partial charge < -0.3 is 24.4 Å². The first kappa shape index (κ1) is 15.4. The second kappa shape index (κ2) is 7.17. The van der Waals surface area contributed by atoms with E-state index in [1.807, 2.05) is 31.2 Å². The molecule has 2 rings (SSSR count). The summed E-state index contributed by atoms with van der Waals surface area (Å²) in [5, 5.41) is 9.03. The van der Waals surface area contributed by atoms with E-state index >= 15 is 0 Å². The molecule has 1 aliphatic heterocycles.